The smallest absolute Gasteiger partial charge is 0.257 e. The largest absolute Gasteiger partial charge is 0.369 e. The van der Waals surface area contributed by atoms with Crippen LogP contribution in [-0.4, -0.2) is 48.5 Å². The summed E-state index contributed by atoms with van der Waals surface area (Å²) in [5, 5.41) is 2.97. The molecule has 0 bridgehead atoms. The normalized spacial score (nSPS) is 15.2. The minimum absolute atomic E-state index is 0.152. The number of hydrogen-bond donors (Lipinski definition) is 1. The number of anilines is 2. The van der Waals surface area contributed by atoms with Gasteiger partial charge in [-0.15, -0.1) is 0 Å². The standard InChI is InChI=1S/C19H23BrN4O/c1-3-23-6-8-24(9-7-23)17-4-5-18(14(2)10-17)22-19(25)15-11-16(20)13-21-12-15/h4-5,10-13H,3,6-9H2,1-2H3,(H,22,25). The number of nitrogens with zero attached hydrogens (tertiary/aromatic N) is 3. The Bertz CT molecular complexity index is 757. The highest BCUT2D eigenvalue weighted by Gasteiger charge is 2.17. The maximum Gasteiger partial charge on any atom is 0.257 e. The quantitative estimate of drug-likeness (QED) is 0.849. The lowest BCUT2D eigenvalue weighted by Crippen LogP contribution is -2.46. The molecule has 5 nitrogen and oxygen atoms in total. The van der Waals surface area contributed by atoms with Crippen molar-refractivity contribution in [2.24, 2.45) is 0 Å². The van der Waals surface area contributed by atoms with E-state index in [0.29, 0.717) is 5.56 Å². The van der Waals surface area contributed by atoms with Crippen molar-refractivity contribution in [3.63, 3.8) is 0 Å². The van der Waals surface area contributed by atoms with Crippen molar-refractivity contribution in [2.45, 2.75) is 13.8 Å². The molecule has 1 fully saturated rings. The first-order valence-electron chi connectivity index (χ1n) is 8.56. The van der Waals surface area contributed by atoms with Crippen molar-refractivity contribution in [1.82, 2.24) is 9.88 Å². The number of amides is 1. The zero-order valence-electron chi connectivity index (χ0n) is 14.6. The highest BCUT2D eigenvalue weighted by Crippen LogP contribution is 2.24. The highest BCUT2D eigenvalue weighted by atomic mass is 79.9. The van der Waals surface area contributed by atoms with Crippen LogP contribution in [0.2, 0.25) is 0 Å². The fourth-order valence-corrected chi connectivity index (χ4v) is 3.40. The van der Waals surface area contributed by atoms with Crippen LogP contribution in [0.4, 0.5) is 11.4 Å². The molecule has 25 heavy (non-hydrogen) atoms. The number of carbonyl (C=O) groups is 1. The van der Waals surface area contributed by atoms with E-state index in [9.17, 15) is 4.79 Å². The van der Waals surface area contributed by atoms with Crippen LogP contribution in [0.5, 0.6) is 0 Å². The SMILES string of the molecule is CCN1CCN(c2ccc(NC(=O)c3cncc(Br)c3)c(C)c2)CC1. The molecule has 1 aliphatic rings. The van der Waals surface area contributed by atoms with Crippen molar-refractivity contribution >= 4 is 33.2 Å². The molecule has 1 aromatic heterocycles. The topological polar surface area (TPSA) is 48.5 Å². The summed E-state index contributed by atoms with van der Waals surface area (Å²) in [7, 11) is 0. The minimum Gasteiger partial charge on any atom is -0.369 e. The van der Waals surface area contributed by atoms with E-state index >= 15 is 0 Å². The van der Waals surface area contributed by atoms with Gasteiger partial charge in [0.05, 0.1) is 5.56 Å². The van der Waals surface area contributed by atoms with Crippen molar-refractivity contribution in [1.29, 1.82) is 0 Å². The van der Waals surface area contributed by atoms with Gasteiger partial charge in [-0.05, 0) is 59.2 Å². The number of carbonyl (C=O) groups excluding carboxylic acids is 1. The third kappa shape index (κ3) is 4.38. The molecule has 0 atom stereocenters. The molecule has 2 aromatic rings. The van der Waals surface area contributed by atoms with Gasteiger partial charge < -0.3 is 15.1 Å². The Balaban J connectivity index is 1.69. The third-order valence-electron chi connectivity index (χ3n) is 4.61. The molecule has 1 saturated heterocycles. The van der Waals surface area contributed by atoms with Crippen LogP contribution < -0.4 is 10.2 Å². The molecule has 1 aromatic carbocycles. The van der Waals surface area contributed by atoms with Crippen LogP contribution in [0.1, 0.15) is 22.8 Å². The van der Waals surface area contributed by atoms with E-state index < -0.39 is 0 Å². The number of aryl methyl sites for hydroxylation is 1. The summed E-state index contributed by atoms with van der Waals surface area (Å²) in [6.45, 7) is 9.64. The predicted molar refractivity (Wildman–Crippen MR) is 105 cm³/mol. The summed E-state index contributed by atoms with van der Waals surface area (Å²) in [6.07, 6.45) is 3.23. The zero-order chi connectivity index (χ0) is 17.8. The number of aromatic nitrogens is 1. The Morgan fingerprint density at radius 1 is 1.20 bits per heavy atom. The fourth-order valence-electron chi connectivity index (χ4n) is 3.04. The highest BCUT2D eigenvalue weighted by molar-refractivity contribution is 9.10. The first-order valence-corrected chi connectivity index (χ1v) is 9.36. The van der Waals surface area contributed by atoms with Gasteiger partial charge in [0.25, 0.3) is 5.91 Å². The van der Waals surface area contributed by atoms with Gasteiger partial charge in [0, 0.05) is 54.4 Å². The van der Waals surface area contributed by atoms with E-state index in [1.807, 2.05) is 13.0 Å². The van der Waals surface area contributed by atoms with Crippen LogP contribution in [0, 0.1) is 6.92 Å². The van der Waals surface area contributed by atoms with Crippen LogP contribution in [0.25, 0.3) is 0 Å². The van der Waals surface area contributed by atoms with Crippen molar-refractivity contribution in [2.75, 3.05) is 42.9 Å². The molecule has 3 rings (SSSR count). The Morgan fingerprint density at radius 2 is 1.96 bits per heavy atom. The fraction of sp³-hybridized carbons (Fsp3) is 0.368. The summed E-state index contributed by atoms with van der Waals surface area (Å²) in [6, 6.07) is 7.99. The Morgan fingerprint density at radius 3 is 2.60 bits per heavy atom. The van der Waals surface area contributed by atoms with Gasteiger partial charge in [-0.1, -0.05) is 6.92 Å². The van der Waals surface area contributed by atoms with Crippen LogP contribution in [0.15, 0.2) is 41.1 Å². The molecule has 1 amide bonds. The van der Waals surface area contributed by atoms with Crippen molar-refractivity contribution < 1.29 is 4.79 Å². The van der Waals surface area contributed by atoms with Gasteiger partial charge in [0.15, 0.2) is 0 Å². The molecule has 0 saturated carbocycles. The van der Waals surface area contributed by atoms with Gasteiger partial charge in [-0.3, -0.25) is 9.78 Å². The summed E-state index contributed by atoms with van der Waals surface area (Å²) < 4.78 is 0.790. The first kappa shape index (κ1) is 17.9. The lowest BCUT2D eigenvalue weighted by molar-refractivity contribution is 0.102. The molecule has 0 spiro atoms. The van der Waals surface area contributed by atoms with E-state index in [4.69, 9.17) is 0 Å². The molecule has 0 radical (unpaired) electrons. The maximum absolute atomic E-state index is 12.4. The van der Waals surface area contributed by atoms with E-state index in [1.165, 1.54) is 5.69 Å². The second-order valence-electron chi connectivity index (χ2n) is 6.27. The number of rotatable bonds is 4. The molecular formula is C19H23BrN4O. The zero-order valence-corrected chi connectivity index (χ0v) is 16.2. The monoisotopic (exact) mass is 402 g/mol. The summed E-state index contributed by atoms with van der Waals surface area (Å²) >= 11 is 3.34. The van der Waals surface area contributed by atoms with E-state index in [1.54, 1.807) is 18.5 Å². The van der Waals surface area contributed by atoms with Crippen molar-refractivity contribution in [3.8, 4) is 0 Å². The molecule has 2 heterocycles. The predicted octanol–water partition coefficient (Wildman–Crippen LogP) is 3.55. The van der Waals surface area contributed by atoms with Crippen LogP contribution in [-0.2, 0) is 0 Å². The van der Waals surface area contributed by atoms with Crippen LogP contribution in [0.3, 0.4) is 0 Å². The number of nitrogens with one attached hydrogen (secondary N) is 1. The van der Waals surface area contributed by atoms with Gasteiger partial charge in [0.2, 0.25) is 0 Å². The van der Waals surface area contributed by atoms with Gasteiger partial charge in [-0.25, -0.2) is 0 Å². The average molecular weight is 403 g/mol. The number of piperazine rings is 1. The Labute approximate surface area is 157 Å². The molecule has 0 unspecified atom stereocenters. The number of pyridine rings is 1. The number of hydrogen-bond acceptors (Lipinski definition) is 4. The number of benzene rings is 1. The first-order chi connectivity index (χ1) is 12.1. The maximum atomic E-state index is 12.4. The minimum atomic E-state index is -0.152. The van der Waals surface area contributed by atoms with E-state index in [2.05, 4.69) is 55.1 Å². The molecule has 6 heteroatoms. The van der Waals surface area contributed by atoms with Crippen LogP contribution >= 0.6 is 15.9 Å². The van der Waals surface area contributed by atoms with E-state index in [0.717, 1.165) is 48.4 Å². The molecule has 1 N–H and O–H groups in total. The lowest BCUT2D eigenvalue weighted by atomic mass is 10.1. The summed E-state index contributed by atoms with van der Waals surface area (Å²) in [4.78, 5) is 21.3. The second-order valence-corrected chi connectivity index (χ2v) is 7.18. The number of halogens is 1. The van der Waals surface area contributed by atoms with Gasteiger partial charge in [-0.2, -0.15) is 0 Å². The molecule has 0 aliphatic carbocycles. The lowest BCUT2D eigenvalue weighted by Gasteiger charge is -2.35. The molecule has 1 aliphatic heterocycles. The Hall–Kier alpha value is -1.92. The summed E-state index contributed by atoms with van der Waals surface area (Å²) in [5.74, 6) is -0.152. The summed E-state index contributed by atoms with van der Waals surface area (Å²) in [5.41, 5.74) is 3.65. The number of likely N-dealkylation sites (N-methyl/N-ethyl adjacent to an activating group) is 1. The van der Waals surface area contributed by atoms with Gasteiger partial charge in [0.1, 0.15) is 0 Å². The molecular weight excluding hydrogens is 380 g/mol. The van der Waals surface area contributed by atoms with Gasteiger partial charge >= 0.3 is 0 Å². The Kier molecular flexibility index (Phi) is 5.71. The van der Waals surface area contributed by atoms with Crippen molar-refractivity contribution in [3.05, 3.63) is 52.3 Å². The second kappa shape index (κ2) is 7.97. The molecule has 132 valence electrons. The third-order valence-corrected chi connectivity index (χ3v) is 5.04. The average Bonchev–Trinajstić information content (AvgIpc) is 2.63. The van der Waals surface area contributed by atoms with E-state index in [-0.39, 0.29) is 5.91 Å².